The summed E-state index contributed by atoms with van der Waals surface area (Å²) in [6.45, 7) is 5.03. The Bertz CT molecular complexity index is 1010. The molecule has 4 rings (SSSR count). The molecule has 1 aliphatic rings. The maximum Gasteiger partial charge on any atom is 0.327 e. The number of ether oxygens (including phenoxy) is 1. The number of esters is 1. The highest BCUT2D eigenvalue weighted by atomic mass is 16.5. The summed E-state index contributed by atoms with van der Waals surface area (Å²) in [6.07, 6.45) is 4.17. The van der Waals surface area contributed by atoms with E-state index >= 15 is 0 Å². The molecule has 0 saturated carbocycles. The second-order valence-corrected chi connectivity index (χ2v) is 7.84. The maximum absolute atomic E-state index is 11.6. The van der Waals surface area contributed by atoms with Crippen LogP contribution in [0.1, 0.15) is 18.0 Å². The second-order valence-electron chi connectivity index (χ2n) is 7.84. The average Bonchev–Trinajstić information content (AvgIpc) is 3.21. The normalized spacial score (nSPS) is 17.7. The van der Waals surface area contributed by atoms with Gasteiger partial charge >= 0.3 is 5.97 Å². The fraction of sp³-hybridized carbons (Fsp3) is 0.455. The minimum absolute atomic E-state index is 0.0285. The zero-order valence-electron chi connectivity index (χ0n) is 18.1. The number of anilines is 1. The summed E-state index contributed by atoms with van der Waals surface area (Å²) >= 11 is 0. The molecule has 1 fully saturated rings. The molecule has 1 atom stereocenters. The fourth-order valence-corrected chi connectivity index (χ4v) is 4.04. The highest BCUT2D eigenvalue weighted by molar-refractivity contribution is 5.86. The summed E-state index contributed by atoms with van der Waals surface area (Å²) in [7, 11) is 3.55. The summed E-state index contributed by atoms with van der Waals surface area (Å²) < 4.78 is 6.25. The molecule has 3 heterocycles. The van der Waals surface area contributed by atoms with Gasteiger partial charge in [-0.15, -0.1) is 0 Å². The van der Waals surface area contributed by atoms with Crippen LogP contribution < -0.4 is 5.32 Å². The predicted octanol–water partition coefficient (Wildman–Crippen LogP) is 1.79. The standard InChI is InChI=1S/C22H29N7O2/c1-27-11-12-28(19(14-27)17-7-4-3-5-8-17)10-6-9-23-21-18-13-26-29(15-20(30)31-2)22(18)25-16-24-21/h3-5,7-8,13,16,19H,6,9-12,14-15H2,1-2H3,(H,23,24,25). The molecule has 1 N–H and O–H groups in total. The smallest absolute Gasteiger partial charge is 0.327 e. The molecule has 1 aliphatic heterocycles. The largest absolute Gasteiger partial charge is 0.468 e. The topological polar surface area (TPSA) is 88.4 Å². The molecule has 9 nitrogen and oxygen atoms in total. The van der Waals surface area contributed by atoms with Gasteiger partial charge in [-0.3, -0.25) is 9.69 Å². The number of carbonyl (C=O) groups excluding carboxylic acids is 1. The Kier molecular flexibility index (Phi) is 6.73. The van der Waals surface area contributed by atoms with Crippen molar-refractivity contribution < 1.29 is 9.53 Å². The van der Waals surface area contributed by atoms with Crippen LogP contribution in [0.3, 0.4) is 0 Å². The molecule has 164 valence electrons. The van der Waals surface area contributed by atoms with E-state index in [0.29, 0.717) is 11.7 Å². The molecule has 0 amide bonds. The third-order valence-corrected chi connectivity index (χ3v) is 5.73. The number of likely N-dealkylation sites (N-methyl/N-ethyl adjacent to an activating group) is 1. The zero-order chi connectivity index (χ0) is 21.6. The van der Waals surface area contributed by atoms with Crippen molar-refractivity contribution in [2.45, 2.75) is 19.0 Å². The fourth-order valence-electron chi connectivity index (χ4n) is 4.04. The van der Waals surface area contributed by atoms with E-state index in [0.717, 1.165) is 50.3 Å². The molecule has 2 aromatic heterocycles. The van der Waals surface area contributed by atoms with E-state index in [-0.39, 0.29) is 12.5 Å². The molecule has 3 aromatic rings. The Morgan fingerprint density at radius 1 is 1.23 bits per heavy atom. The number of carbonyl (C=O) groups is 1. The lowest BCUT2D eigenvalue weighted by atomic mass is 10.0. The van der Waals surface area contributed by atoms with E-state index in [1.54, 1.807) is 6.20 Å². The summed E-state index contributed by atoms with van der Waals surface area (Å²) in [5, 5.41) is 8.47. The van der Waals surface area contributed by atoms with Gasteiger partial charge in [0, 0.05) is 38.8 Å². The van der Waals surface area contributed by atoms with Gasteiger partial charge in [0.25, 0.3) is 0 Å². The number of rotatable bonds is 8. The lowest BCUT2D eigenvalue weighted by Crippen LogP contribution is -2.47. The van der Waals surface area contributed by atoms with E-state index < -0.39 is 0 Å². The number of fused-ring (bicyclic) bond motifs is 1. The Hall–Kier alpha value is -3.04. The van der Waals surface area contributed by atoms with Crippen LogP contribution in [-0.2, 0) is 16.1 Å². The van der Waals surface area contributed by atoms with Crippen molar-refractivity contribution in [2.24, 2.45) is 0 Å². The van der Waals surface area contributed by atoms with Crippen LogP contribution in [0.25, 0.3) is 11.0 Å². The Morgan fingerprint density at radius 3 is 2.87 bits per heavy atom. The highest BCUT2D eigenvalue weighted by Gasteiger charge is 2.25. The van der Waals surface area contributed by atoms with Crippen LogP contribution in [0.4, 0.5) is 5.82 Å². The van der Waals surface area contributed by atoms with Crippen molar-refractivity contribution in [1.29, 1.82) is 0 Å². The average molecular weight is 424 g/mol. The molecule has 1 aromatic carbocycles. The minimum Gasteiger partial charge on any atom is -0.468 e. The summed E-state index contributed by atoms with van der Waals surface area (Å²) in [4.78, 5) is 25.2. The van der Waals surface area contributed by atoms with Gasteiger partial charge in [-0.25, -0.2) is 14.6 Å². The first-order valence-electron chi connectivity index (χ1n) is 10.6. The monoisotopic (exact) mass is 423 g/mol. The number of hydrogen-bond donors (Lipinski definition) is 1. The Balaban J connectivity index is 1.36. The Labute approximate surface area is 182 Å². The lowest BCUT2D eigenvalue weighted by Gasteiger charge is -2.40. The molecule has 0 spiro atoms. The van der Waals surface area contributed by atoms with Gasteiger partial charge in [-0.1, -0.05) is 30.3 Å². The number of aromatic nitrogens is 4. The number of nitrogens with zero attached hydrogens (tertiary/aromatic N) is 6. The zero-order valence-corrected chi connectivity index (χ0v) is 18.1. The molecule has 1 saturated heterocycles. The molecule has 0 radical (unpaired) electrons. The summed E-state index contributed by atoms with van der Waals surface area (Å²) in [5.74, 6) is 0.373. The van der Waals surface area contributed by atoms with Gasteiger partial charge in [0.1, 0.15) is 18.7 Å². The van der Waals surface area contributed by atoms with Crippen LogP contribution in [0.2, 0.25) is 0 Å². The van der Waals surface area contributed by atoms with E-state index in [1.165, 1.54) is 23.7 Å². The Morgan fingerprint density at radius 2 is 2.06 bits per heavy atom. The van der Waals surface area contributed by atoms with Crippen LogP contribution in [0, 0.1) is 0 Å². The van der Waals surface area contributed by atoms with Gasteiger partial charge in [0.05, 0.1) is 18.7 Å². The van der Waals surface area contributed by atoms with E-state index in [4.69, 9.17) is 4.74 Å². The number of hydrogen-bond acceptors (Lipinski definition) is 8. The van der Waals surface area contributed by atoms with Crippen molar-refractivity contribution in [3.8, 4) is 0 Å². The highest BCUT2D eigenvalue weighted by Crippen LogP contribution is 2.25. The van der Waals surface area contributed by atoms with Crippen LogP contribution in [0.5, 0.6) is 0 Å². The van der Waals surface area contributed by atoms with Gasteiger partial charge < -0.3 is 15.0 Å². The SMILES string of the molecule is COC(=O)Cn1ncc2c(NCCCN3CCN(C)CC3c3ccccc3)ncnc21. The predicted molar refractivity (Wildman–Crippen MR) is 119 cm³/mol. The number of benzene rings is 1. The van der Waals surface area contributed by atoms with Crippen molar-refractivity contribution in [2.75, 3.05) is 52.2 Å². The first-order chi connectivity index (χ1) is 15.2. The van der Waals surface area contributed by atoms with Gasteiger partial charge in [0.15, 0.2) is 5.65 Å². The molecular formula is C22H29N7O2. The third kappa shape index (κ3) is 5.00. The van der Waals surface area contributed by atoms with Crippen LogP contribution in [-0.4, -0.2) is 82.4 Å². The number of nitrogens with one attached hydrogen (secondary N) is 1. The van der Waals surface area contributed by atoms with Gasteiger partial charge in [-0.05, 0) is 19.0 Å². The molecule has 31 heavy (non-hydrogen) atoms. The summed E-state index contributed by atoms with van der Waals surface area (Å²) in [5.41, 5.74) is 1.99. The first-order valence-corrected chi connectivity index (χ1v) is 10.6. The van der Waals surface area contributed by atoms with Crippen molar-refractivity contribution in [3.05, 3.63) is 48.4 Å². The van der Waals surface area contributed by atoms with Crippen LogP contribution >= 0.6 is 0 Å². The maximum atomic E-state index is 11.6. The quantitative estimate of drug-likeness (QED) is 0.433. The van der Waals surface area contributed by atoms with E-state index in [9.17, 15) is 4.79 Å². The molecular weight excluding hydrogens is 394 g/mol. The molecule has 0 aliphatic carbocycles. The number of piperazine rings is 1. The number of methoxy groups -OCH3 is 1. The molecule has 0 bridgehead atoms. The minimum atomic E-state index is -0.363. The van der Waals surface area contributed by atoms with Crippen molar-refractivity contribution in [1.82, 2.24) is 29.5 Å². The first kappa shape index (κ1) is 21.2. The van der Waals surface area contributed by atoms with E-state index in [1.807, 2.05) is 0 Å². The molecule has 9 heteroatoms. The second kappa shape index (κ2) is 9.84. The van der Waals surface area contributed by atoms with Crippen LogP contribution in [0.15, 0.2) is 42.9 Å². The molecule has 1 unspecified atom stereocenters. The van der Waals surface area contributed by atoms with Crippen molar-refractivity contribution in [3.63, 3.8) is 0 Å². The summed E-state index contributed by atoms with van der Waals surface area (Å²) in [6, 6.07) is 11.2. The van der Waals surface area contributed by atoms with Crippen molar-refractivity contribution >= 4 is 22.8 Å². The van der Waals surface area contributed by atoms with Gasteiger partial charge in [-0.2, -0.15) is 5.10 Å². The third-order valence-electron chi connectivity index (χ3n) is 5.73. The van der Waals surface area contributed by atoms with Gasteiger partial charge in [0.2, 0.25) is 0 Å². The van der Waals surface area contributed by atoms with E-state index in [2.05, 4.69) is 67.6 Å². The lowest BCUT2D eigenvalue weighted by molar-refractivity contribution is -0.141.